The van der Waals surface area contributed by atoms with E-state index in [4.69, 9.17) is 13.8 Å². The largest absolute Gasteiger partial charge is 0.444 e. The predicted molar refractivity (Wildman–Crippen MR) is 115 cm³/mol. The van der Waals surface area contributed by atoms with E-state index in [1.54, 1.807) is 28.0 Å². The highest BCUT2D eigenvalue weighted by molar-refractivity contribution is 9.10. The topological polar surface area (TPSA) is 86.9 Å². The molecule has 7 nitrogen and oxygen atoms in total. The predicted octanol–water partition coefficient (Wildman–Crippen LogP) is 5.05. The first-order valence-corrected chi connectivity index (χ1v) is 12.0. The van der Waals surface area contributed by atoms with Gasteiger partial charge in [0.05, 0.1) is 11.1 Å². The lowest BCUT2D eigenvalue weighted by atomic mass is 9.97. The Morgan fingerprint density at radius 3 is 2.90 bits per heavy atom. The number of rotatable bonds is 5. The summed E-state index contributed by atoms with van der Waals surface area (Å²) in [6.45, 7) is 2.54. The second kappa shape index (κ2) is 7.73. The molecule has 0 aliphatic heterocycles. The molecule has 10 heteroatoms. The molecule has 4 heterocycles. The first kappa shape index (κ1) is 19.1. The third kappa shape index (κ3) is 3.47. The van der Waals surface area contributed by atoms with E-state index in [0.717, 1.165) is 29.5 Å². The summed E-state index contributed by atoms with van der Waals surface area (Å²) in [5.74, 6) is 1.72. The van der Waals surface area contributed by atoms with Crippen LogP contribution in [0.25, 0.3) is 21.9 Å². The summed E-state index contributed by atoms with van der Waals surface area (Å²) < 4.78 is 13.5. The molecule has 150 valence electrons. The molecular formula is C19H17BrN4O3S2. The maximum atomic E-state index is 13.2. The minimum absolute atomic E-state index is 0.0612. The highest BCUT2D eigenvalue weighted by Gasteiger charge is 2.22. The minimum atomic E-state index is 0.0612. The van der Waals surface area contributed by atoms with Crippen molar-refractivity contribution in [1.29, 1.82) is 0 Å². The molecule has 0 aromatic carbocycles. The van der Waals surface area contributed by atoms with Crippen molar-refractivity contribution in [2.45, 2.75) is 50.1 Å². The van der Waals surface area contributed by atoms with Crippen molar-refractivity contribution in [2.75, 3.05) is 0 Å². The van der Waals surface area contributed by atoms with E-state index in [1.165, 1.54) is 28.6 Å². The van der Waals surface area contributed by atoms with Gasteiger partial charge in [-0.3, -0.25) is 9.36 Å². The van der Waals surface area contributed by atoms with Gasteiger partial charge in [-0.25, -0.2) is 4.98 Å². The number of hydrogen-bond acceptors (Lipinski definition) is 8. The normalized spacial score (nSPS) is 13.9. The maximum Gasteiger partial charge on any atom is 0.283 e. The molecule has 1 aliphatic carbocycles. The molecule has 4 aromatic rings. The van der Waals surface area contributed by atoms with Crippen molar-refractivity contribution in [2.24, 2.45) is 0 Å². The van der Waals surface area contributed by atoms with Crippen LogP contribution in [0, 0.1) is 0 Å². The standard InChI is InChI=1S/C19H17BrN4O3S2/c1-2-24-18(25)15-10-5-3-4-6-12(10)29-17(15)21-19(24)28-9-14-22-23-16(27-14)11-7-8-13(20)26-11/h7-8H,2-6,9H2,1H3. The third-order valence-electron chi connectivity index (χ3n) is 4.93. The van der Waals surface area contributed by atoms with Crippen molar-refractivity contribution in [1.82, 2.24) is 19.7 Å². The van der Waals surface area contributed by atoms with E-state index in [2.05, 4.69) is 26.1 Å². The average Bonchev–Trinajstić information content (AvgIpc) is 3.44. The highest BCUT2D eigenvalue weighted by atomic mass is 79.9. The lowest BCUT2D eigenvalue weighted by Crippen LogP contribution is -2.23. The number of aromatic nitrogens is 4. The quantitative estimate of drug-likeness (QED) is 0.284. The molecule has 4 aromatic heterocycles. The molecule has 0 spiro atoms. The summed E-state index contributed by atoms with van der Waals surface area (Å²) in [6.07, 6.45) is 4.37. The molecule has 1 aliphatic rings. The van der Waals surface area contributed by atoms with Crippen LogP contribution >= 0.6 is 39.0 Å². The zero-order valence-electron chi connectivity index (χ0n) is 15.6. The Morgan fingerprint density at radius 2 is 2.10 bits per heavy atom. The Morgan fingerprint density at radius 1 is 1.24 bits per heavy atom. The summed E-state index contributed by atoms with van der Waals surface area (Å²) in [5.41, 5.74) is 1.28. The fourth-order valence-electron chi connectivity index (χ4n) is 3.58. The molecule has 0 fully saturated rings. The zero-order chi connectivity index (χ0) is 20.0. The van der Waals surface area contributed by atoms with Crippen molar-refractivity contribution >= 4 is 49.2 Å². The number of thioether (sulfide) groups is 1. The number of nitrogens with zero attached hydrogens (tertiary/aromatic N) is 4. The van der Waals surface area contributed by atoms with Gasteiger partial charge in [0.2, 0.25) is 5.89 Å². The van der Waals surface area contributed by atoms with Crippen LogP contribution in [0.4, 0.5) is 0 Å². The number of thiophene rings is 1. The van der Waals surface area contributed by atoms with Gasteiger partial charge in [-0.05, 0) is 66.2 Å². The van der Waals surface area contributed by atoms with Crippen molar-refractivity contribution in [3.05, 3.63) is 43.5 Å². The molecule has 5 rings (SSSR count). The molecule has 0 radical (unpaired) electrons. The number of hydrogen-bond donors (Lipinski definition) is 0. The van der Waals surface area contributed by atoms with Crippen LogP contribution in [0.2, 0.25) is 0 Å². The summed E-state index contributed by atoms with van der Waals surface area (Å²) in [6, 6.07) is 3.53. The lowest BCUT2D eigenvalue weighted by molar-refractivity contribution is 0.486. The lowest BCUT2D eigenvalue weighted by Gasteiger charge is -2.11. The Kier molecular flexibility index (Phi) is 5.09. The monoisotopic (exact) mass is 492 g/mol. The molecule has 0 saturated heterocycles. The number of halogens is 1. The Labute approximate surface area is 182 Å². The van der Waals surface area contributed by atoms with Gasteiger partial charge in [0, 0.05) is 11.4 Å². The number of fused-ring (bicyclic) bond motifs is 3. The smallest absolute Gasteiger partial charge is 0.283 e. The van der Waals surface area contributed by atoms with Crippen molar-refractivity contribution < 1.29 is 8.83 Å². The van der Waals surface area contributed by atoms with Crippen LogP contribution in [-0.4, -0.2) is 19.7 Å². The summed E-state index contributed by atoms with van der Waals surface area (Å²) in [7, 11) is 0. The van der Waals surface area contributed by atoms with E-state index in [9.17, 15) is 4.79 Å². The fourth-order valence-corrected chi connectivity index (χ4v) is 6.08. The van der Waals surface area contributed by atoms with Gasteiger partial charge in [-0.1, -0.05) is 11.8 Å². The summed E-state index contributed by atoms with van der Waals surface area (Å²) >= 11 is 6.36. The van der Waals surface area contributed by atoms with Gasteiger partial charge in [0.15, 0.2) is 15.6 Å². The van der Waals surface area contributed by atoms with Crippen LogP contribution in [0.5, 0.6) is 0 Å². The average molecular weight is 493 g/mol. The van der Waals surface area contributed by atoms with E-state index in [1.807, 2.05) is 6.92 Å². The van der Waals surface area contributed by atoms with Crippen LogP contribution in [0.1, 0.15) is 36.1 Å². The second-order valence-corrected chi connectivity index (χ2v) is 9.54. The molecule has 0 bridgehead atoms. The van der Waals surface area contributed by atoms with E-state index in [-0.39, 0.29) is 5.56 Å². The SMILES string of the molecule is CCn1c(SCc2nnc(-c3ccc(Br)o3)o2)nc2sc3c(c2c1=O)CCCC3. The summed E-state index contributed by atoms with van der Waals surface area (Å²) in [4.78, 5) is 20.2. The molecule has 29 heavy (non-hydrogen) atoms. The second-order valence-electron chi connectivity index (χ2n) is 6.73. The molecular weight excluding hydrogens is 476 g/mol. The first-order valence-electron chi connectivity index (χ1n) is 9.40. The fraction of sp³-hybridized carbons (Fsp3) is 0.368. The minimum Gasteiger partial charge on any atom is -0.444 e. The van der Waals surface area contributed by atoms with E-state index in [0.29, 0.717) is 39.7 Å². The summed E-state index contributed by atoms with van der Waals surface area (Å²) in [5, 5.41) is 9.62. The van der Waals surface area contributed by atoms with Gasteiger partial charge >= 0.3 is 0 Å². The molecule has 0 amide bonds. The van der Waals surface area contributed by atoms with Gasteiger partial charge in [-0.2, -0.15) is 0 Å². The molecule has 0 saturated carbocycles. The Bertz CT molecular complexity index is 1260. The third-order valence-corrected chi connectivity index (χ3v) is 7.50. The molecule has 0 N–H and O–H groups in total. The molecule has 0 atom stereocenters. The first-order chi connectivity index (χ1) is 14.1. The number of aryl methyl sites for hydroxylation is 2. The highest BCUT2D eigenvalue weighted by Crippen LogP contribution is 2.35. The van der Waals surface area contributed by atoms with Crippen molar-refractivity contribution in [3.63, 3.8) is 0 Å². The van der Waals surface area contributed by atoms with Gasteiger partial charge in [0.1, 0.15) is 4.83 Å². The van der Waals surface area contributed by atoms with Gasteiger partial charge in [0.25, 0.3) is 11.4 Å². The Hall–Kier alpha value is -1.91. The van der Waals surface area contributed by atoms with Crippen molar-refractivity contribution in [3.8, 4) is 11.7 Å². The van der Waals surface area contributed by atoms with Gasteiger partial charge in [-0.15, -0.1) is 21.5 Å². The van der Waals surface area contributed by atoms with Crippen LogP contribution in [0.3, 0.4) is 0 Å². The van der Waals surface area contributed by atoms with E-state index < -0.39 is 0 Å². The van der Waals surface area contributed by atoms with Crippen LogP contribution in [0.15, 0.2) is 35.6 Å². The van der Waals surface area contributed by atoms with Crippen LogP contribution < -0.4 is 5.56 Å². The Balaban J connectivity index is 1.44. The van der Waals surface area contributed by atoms with Gasteiger partial charge < -0.3 is 8.83 Å². The maximum absolute atomic E-state index is 13.2. The van der Waals surface area contributed by atoms with E-state index >= 15 is 0 Å². The van der Waals surface area contributed by atoms with Crippen LogP contribution in [-0.2, 0) is 25.1 Å². The number of furan rings is 1. The zero-order valence-corrected chi connectivity index (χ0v) is 18.8. The molecule has 0 unspecified atom stereocenters.